The second kappa shape index (κ2) is 6.25. The van der Waals surface area contributed by atoms with E-state index in [1.807, 2.05) is 42.5 Å². The standard InChI is InChI=1S/C17H13NO2S2/c1-20-16(19)14-15(22-17(21)18-14)13-9-7-12(8-10-13)11-5-3-2-4-6-11/h2-10H,1H3,(H,18,21). The zero-order valence-corrected chi connectivity index (χ0v) is 13.5. The van der Waals surface area contributed by atoms with Crippen LogP contribution in [0.5, 0.6) is 0 Å². The third-order valence-corrected chi connectivity index (χ3v) is 4.58. The lowest BCUT2D eigenvalue weighted by Crippen LogP contribution is -2.03. The minimum atomic E-state index is -0.408. The molecule has 2 aromatic carbocycles. The zero-order chi connectivity index (χ0) is 15.5. The lowest BCUT2D eigenvalue weighted by atomic mass is 10.0. The molecule has 3 rings (SSSR count). The number of aromatic nitrogens is 1. The number of thiazole rings is 1. The molecule has 1 aromatic heterocycles. The van der Waals surface area contributed by atoms with Gasteiger partial charge in [0.2, 0.25) is 0 Å². The molecular formula is C17H13NO2S2. The molecule has 1 heterocycles. The number of rotatable bonds is 3. The summed E-state index contributed by atoms with van der Waals surface area (Å²) in [5.41, 5.74) is 3.63. The normalized spacial score (nSPS) is 10.4. The highest BCUT2D eigenvalue weighted by atomic mass is 32.1. The van der Waals surface area contributed by atoms with Gasteiger partial charge in [-0.1, -0.05) is 54.6 Å². The topological polar surface area (TPSA) is 42.1 Å². The van der Waals surface area contributed by atoms with Gasteiger partial charge in [0.1, 0.15) is 5.69 Å². The Labute approximate surface area is 137 Å². The quantitative estimate of drug-likeness (QED) is 0.548. The molecular weight excluding hydrogens is 314 g/mol. The van der Waals surface area contributed by atoms with Crippen LogP contribution >= 0.6 is 23.6 Å². The van der Waals surface area contributed by atoms with E-state index in [1.54, 1.807) is 0 Å². The first-order valence-electron chi connectivity index (χ1n) is 6.66. The van der Waals surface area contributed by atoms with Crippen LogP contribution in [-0.2, 0) is 4.74 Å². The zero-order valence-electron chi connectivity index (χ0n) is 11.8. The fourth-order valence-electron chi connectivity index (χ4n) is 2.22. The molecule has 0 radical (unpaired) electrons. The van der Waals surface area contributed by atoms with E-state index in [0.717, 1.165) is 21.6 Å². The predicted molar refractivity (Wildman–Crippen MR) is 91.7 cm³/mol. The first-order valence-corrected chi connectivity index (χ1v) is 7.89. The minimum absolute atomic E-state index is 0.407. The molecule has 0 aliphatic rings. The second-order valence-corrected chi connectivity index (χ2v) is 6.34. The number of nitrogens with one attached hydrogen (secondary N) is 1. The maximum absolute atomic E-state index is 11.8. The maximum Gasteiger partial charge on any atom is 0.356 e. The van der Waals surface area contributed by atoms with Gasteiger partial charge >= 0.3 is 5.97 Å². The van der Waals surface area contributed by atoms with Crippen molar-refractivity contribution in [1.82, 2.24) is 4.98 Å². The maximum atomic E-state index is 11.8. The lowest BCUT2D eigenvalue weighted by Gasteiger charge is -2.04. The summed E-state index contributed by atoms with van der Waals surface area (Å²) in [6.45, 7) is 0. The van der Waals surface area contributed by atoms with Crippen LogP contribution in [0, 0.1) is 3.95 Å². The number of carbonyl (C=O) groups is 1. The van der Waals surface area contributed by atoms with Gasteiger partial charge in [-0.15, -0.1) is 11.3 Å². The van der Waals surface area contributed by atoms with E-state index >= 15 is 0 Å². The Morgan fingerprint density at radius 3 is 2.23 bits per heavy atom. The van der Waals surface area contributed by atoms with Crippen LogP contribution in [0.2, 0.25) is 0 Å². The molecule has 5 heteroatoms. The van der Waals surface area contributed by atoms with E-state index in [-0.39, 0.29) is 0 Å². The summed E-state index contributed by atoms with van der Waals surface area (Å²) in [5.74, 6) is -0.408. The first-order chi connectivity index (χ1) is 10.7. The number of benzene rings is 2. The molecule has 0 saturated carbocycles. The average molecular weight is 327 g/mol. The highest BCUT2D eigenvalue weighted by Crippen LogP contribution is 2.31. The molecule has 22 heavy (non-hydrogen) atoms. The van der Waals surface area contributed by atoms with Gasteiger partial charge in [-0.2, -0.15) is 0 Å². The Morgan fingerprint density at radius 1 is 1.00 bits per heavy atom. The van der Waals surface area contributed by atoms with Crippen LogP contribution in [0.1, 0.15) is 10.5 Å². The van der Waals surface area contributed by atoms with E-state index in [9.17, 15) is 4.79 Å². The molecule has 0 unspecified atom stereocenters. The molecule has 0 saturated heterocycles. The summed E-state index contributed by atoms with van der Waals surface area (Å²) in [6.07, 6.45) is 0. The Balaban J connectivity index is 2.01. The Morgan fingerprint density at radius 2 is 1.59 bits per heavy atom. The van der Waals surface area contributed by atoms with Gasteiger partial charge < -0.3 is 9.72 Å². The molecule has 0 fully saturated rings. The summed E-state index contributed by atoms with van der Waals surface area (Å²) in [7, 11) is 1.36. The second-order valence-electron chi connectivity index (χ2n) is 4.65. The third kappa shape index (κ3) is 2.86. The lowest BCUT2D eigenvalue weighted by molar-refractivity contribution is 0.0595. The van der Waals surface area contributed by atoms with Crippen molar-refractivity contribution in [1.29, 1.82) is 0 Å². The van der Waals surface area contributed by atoms with Crippen LogP contribution in [0.4, 0.5) is 0 Å². The van der Waals surface area contributed by atoms with Gasteiger partial charge in [-0.3, -0.25) is 0 Å². The van der Waals surface area contributed by atoms with E-state index in [4.69, 9.17) is 17.0 Å². The molecule has 3 aromatic rings. The van der Waals surface area contributed by atoms with Crippen molar-refractivity contribution in [3.63, 3.8) is 0 Å². The summed E-state index contributed by atoms with van der Waals surface area (Å²) >= 11 is 6.52. The number of methoxy groups -OCH3 is 1. The molecule has 1 N–H and O–H groups in total. The summed E-state index contributed by atoms with van der Waals surface area (Å²) in [6, 6.07) is 18.2. The van der Waals surface area contributed by atoms with Crippen LogP contribution in [0.3, 0.4) is 0 Å². The Bertz CT molecular complexity index is 848. The van der Waals surface area contributed by atoms with Crippen molar-refractivity contribution in [2.75, 3.05) is 7.11 Å². The molecule has 3 nitrogen and oxygen atoms in total. The number of aromatic amines is 1. The van der Waals surface area contributed by atoms with E-state index in [2.05, 4.69) is 17.1 Å². The number of ether oxygens (including phenoxy) is 1. The summed E-state index contributed by atoms with van der Waals surface area (Å²) in [4.78, 5) is 15.5. The van der Waals surface area contributed by atoms with Crippen LogP contribution in [0.25, 0.3) is 21.6 Å². The Hall–Kier alpha value is -2.24. The fraction of sp³-hybridized carbons (Fsp3) is 0.0588. The van der Waals surface area contributed by atoms with Crippen molar-refractivity contribution >= 4 is 29.5 Å². The smallest absolute Gasteiger partial charge is 0.356 e. The van der Waals surface area contributed by atoms with Crippen LogP contribution in [-0.4, -0.2) is 18.1 Å². The highest BCUT2D eigenvalue weighted by molar-refractivity contribution is 7.73. The molecule has 0 bridgehead atoms. The number of carbonyl (C=O) groups excluding carboxylic acids is 1. The number of esters is 1. The van der Waals surface area contributed by atoms with Crippen molar-refractivity contribution in [2.45, 2.75) is 0 Å². The summed E-state index contributed by atoms with van der Waals surface area (Å²) < 4.78 is 5.35. The van der Waals surface area contributed by atoms with Crippen molar-refractivity contribution in [3.8, 4) is 21.6 Å². The number of hydrogen-bond acceptors (Lipinski definition) is 4. The van der Waals surface area contributed by atoms with Crippen LogP contribution < -0.4 is 0 Å². The van der Waals surface area contributed by atoms with Crippen molar-refractivity contribution < 1.29 is 9.53 Å². The van der Waals surface area contributed by atoms with E-state index in [1.165, 1.54) is 18.4 Å². The van der Waals surface area contributed by atoms with Gasteiger partial charge in [0, 0.05) is 0 Å². The van der Waals surface area contributed by atoms with E-state index in [0.29, 0.717) is 9.65 Å². The average Bonchev–Trinajstić information content (AvgIpc) is 2.97. The predicted octanol–water partition coefficient (Wildman–Crippen LogP) is 4.93. The van der Waals surface area contributed by atoms with Gasteiger partial charge in [-0.25, -0.2) is 4.79 Å². The molecule has 0 aliphatic carbocycles. The van der Waals surface area contributed by atoms with Gasteiger partial charge in [0.15, 0.2) is 3.95 Å². The largest absolute Gasteiger partial charge is 0.464 e. The first kappa shape index (κ1) is 14.7. The fourth-order valence-corrected chi connectivity index (χ4v) is 3.40. The van der Waals surface area contributed by atoms with Gasteiger partial charge in [-0.05, 0) is 28.9 Å². The highest BCUT2D eigenvalue weighted by Gasteiger charge is 2.16. The molecule has 0 atom stereocenters. The molecule has 0 amide bonds. The molecule has 110 valence electrons. The summed E-state index contributed by atoms with van der Waals surface area (Å²) in [5, 5.41) is 0. The van der Waals surface area contributed by atoms with Crippen molar-refractivity contribution in [2.24, 2.45) is 0 Å². The third-order valence-electron chi connectivity index (χ3n) is 3.29. The van der Waals surface area contributed by atoms with Gasteiger partial charge in [0.05, 0.1) is 12.0 Å². The number of H-pyrrole nitrogens is 1. The van der Waals surface area contributed by atoms with Crippen LogP contribution in [0.15, 0.2) is 54.6 Å². The molecule has 0 aliphatic heterocycles. The number of hydrogen-bond donors (Lipinski definition) is 1. The minimum Gasteiger partial charge on any atom is -0.464 e. The van der Waals surface area contributed by atoms with E-state index < -0.39 is 5.97 Å². The molecule has 0 spiro atoms. The van der Waals surface area contributed by atoms with Crippen molar-refractivity contribution in [3.05, 3.63) is 64.2 Å². The SMILES string of the molecule is COC(=O)c1[nH]c(=S)sc1-c1ccc(-c2ccccc2)cc1. The Kier molecular flexibility index (Phi) is 4.18. The monoisotopic (exact) mass is 327 g/mol. The van der Waals surface area contributed by atoms with Gasteiger partial charge in [0.25, 0.3) is 0 Å².